The molecule has 0 aromatic heterocycles. The molecule has 0 saturated heterocycles. The van der Waals surface area contributed by atoms with Gasteiger partial charge in [0.1, 0.15) is 0 Å². The third-order valence-corrected chi connectivity index (χ3v) is 2.99. The summed E-state index contributed by atoms with van der Waals surface area (Å²) in [6.45, 7) is 2.29. The normalized spacial score (nSPS) is 51.8. The van der Waals surface area contributed by atoms with Gasteiger partial charge in [0.05, 0.1) is 6.10 Å². The molecule has 2 rings (SSSR count). The van der Waals surface area contributed by atoms with E-state index in [-0.39, 0.29) is 6.10 Å². The van der Waals surface area contributed by atoms with Gasteiger partial charge in [-0.2, -0.15) is 0 Å². The van der Waals surface area contributed by atoms with Crippen LogP contribution in [0.4, 0.5) is 0 Å². The van der Waals surface area contributed by atoms with Crippen molar-refractivity contribution in [3.63, 3.8) is 0 Å². The molecule has 56 valence electrons. The number of hydrogen-bond donors (Lipinski definition) is 1. The van der Waals surface area contributed by atoms with Crippen LogP contribution in [0.25, 0.3) is 0 Å². The molecule has 1 fully saturated rings. The molecule has 3 atom stereocenters. The molecule has 0 aliphatic heterocycles. The fraction of sp³-hybridized carbons (Fsp3) is 0.778. The maximum absolute atomic E-state index is 9.42. The van der Waals surface area contributed by atoms with Gasteiger partial charge in [-0.15, -0.1) is 0 Å². The first-order valence-electron chi connectivity index (χ1n) is 4.07. The van der Waals surface area contributed by atoms with Crippen LogP contribution in [-0.2, 0) is 0 Å². The SMILES string of the molecule is C[C@]12C=C[C@@H](O)[C@H](CC1)C2. The quantitative estimate of drug-likeness (QED) is 0.505. The van der Waals surface area contributed by atoms with E-state index >= 15 is 0 Å². The van der Waals surface area contributed by atoms with E-state index in [9.17, 15) is 5.11 Å². The van der Waals surface area contributed by atoms with Crippen LogP contribution in [0.15, 0.2) is 12.2 Å². The Hall–Kier alpha value is -0.300. The second-order valence-corrected chi connectivity index (χ2v) is 4.01. The van der Waals surface area contributed by atoms with Crippen molar-refractivity contribution in [1.29, 1.82) is 0 Å². The fourth-order valence-corrected chi connectivity index (χ4v) is 2.25. The van der Waals surface area contributed by atoms with Gasteiger partial charge >= 0.3 is 0 Å². The molecule has 1 N–H and O–H groups in total. The molecule has 2 aliphatic carbocycles. The van der Waals surface area contributed by atoms with Gasteiger partial charge in [0.25, 0.3) is 0 Å². The lowest BCUT2D eigenvalue weighted by Crippen LogP contribution is -2.22. The molecule has 0 heterocycles. The second-order valence-electron chi connectivity index (χ2n) is 4.01. The van der Waals surface area contributed by atoms with Crippen LogP contribution in [0.5, 0.6) is 0 Å². The predicted molar refractivity (Wildman–Crippen MR) is 40.6 cm³/mol. The summed E-state index contributed by atoms with van der Waals surface area (Å²) in [6.07, 6.45) is 7.71. The van der Waals surface area contributed by atoms with Gasteiger partial charge < -0.3 is 5.11 Å². The summed E-state index contributed by atoms with van der Waals surface area (Å²) >= 11 is 0. The molecule has 0 aromatic carbocycles. The Balaban J connectivity index is 2.27. The second kappa shape index (κ2) is 1.85. The number of aliphatic hydroxyl groups excluding tert-OH is 1. The molecule has 10 heavy (non-hydrogen) atoms. The summed E-state index contributed by atoms with van der Waals surface area (Å²) in [6, 6.07) is 0. The van der Waals surface area contributed by atoms with Gasteiger partial charge in [-0.25, -0.2) is 0 Å². The van der Waals surface area contributed by atoms with Crippen molar-refractivity contribution in [3.05, 3.63) is 12.2 Å². The Bertz CT molecular complexity index is 174. The van der Waals surface area contributed by atoms with Crippen LogP contribution in [-0.4, -0.2) is 11.2 Å². The Morgan fingerprint density at radius 2 is 2.40 bits per heavy atom. The number of rotatable bonds is 0. The van der Waals surface area contributed by atoms with Crippen molar-refractivity contribution >= 4 is 0 Å². The highest BCUT2D eigenvalue weighted by atomic mass is 16.3. The van der Waals surface area contributed by atoms with E-state index in [4.69, 9.17) is 0 Å². The molecular weight excluding hydrogens is 124 g/mol. The third kappa shape index (κ3) is 0.807. The summed E-state index contributed by atoms with van der Waals surface area (Å²) in [5, 5.41) is 9.42. The topological polar surface area (TPSA) is 20.2 Å². The van der Waals surface area contributed by atoms with Crippen molar-refractivity contribution in [3.8, 4) is 0 Å². The van der Waals surface area contributed by atoms with Gasteiger partial charge in [0.15, 0.2) is 0 Å². The fourth-order valence-electron chi connectivity index (χ4n) is 2.25. The monoisotopic (exact) mass is 138 g/mol. The third-order valence-electron chi connectivity index (χ3n) is 2.99. The molecule has 0 aromatic rings. The minimum absolute atomic E-state index is 0.143. The van der Waals surface area contributed by atoms with E-state index in [2.05, 4.69) is 13.0 Å². The Labute approximate surface area is 61.8 Å². The lowest BCUT2D eigenvalue weighted by atomic mass is 9.82. The molecule has 1 saturated carbocycles. The summed E-state index contributed by atoms with van der Waals surface area (Å²) in [5.41, 5.74) is 0.434. The van der Waals surface area contributed by atoms with Crippen LogP contribution in [0.3, 0.4) is 0 Å². The van der Waals surface area contributed by atoms with Crippen LogP contribution in [0.2, 0.25) is 0 Å². The maximum Gasteiger partial charge on any atom is 0.0749 e. The Morgan fingerprint density at radius 1 is 1.60 bits per heavy atom. The average Bonchev–Trinajstić information content (AvgIpc) is 2.23. The first-order valence-corrected chi connectivity index (χ1v) is 4.07. The van der Waals surface area contributed by atoms with Crippen LogP contribution in [0.1, 0.15) is 26.2 Å². The number of hydrogen-bond acceptors (Lipinski definition) is 1. The van der Waals surface area contributed by atoms with E-state index in [1.54, 1.807) is 0 Å². The molecule has 0 radical (unpaired) electrons. The van der Waals surface area contributed by atoms with E-state index < -0.39 is 0 Å². The van der Waals surface area contributed by atoms with E-state index in [0.29, 0.717) is 11.3 Å². The molecule has 0 amide bonds. The minimum atomic E-state index is -0.143. The highest BCUT2D eigenvalue weighted by Crippen LogP contribution is 2.47. The van der Waals surface area contributed by atoms with Crippen LogP contribution in [0, 0.1) is 11.3 Å². The summed E-state index contributed by atoms with van der Waals surface area (Å²) in [5.74, 6) is 0.565. The largest absolute Gasteiger partial charge is 0.389 e. The smallest absolute Gasteiger partial charge is 0.0749 e. The molecule has 2 bridgehead atoms. The maximum atomic E-state index is 9.42. The number of fused-ring (bicyclic) bond motifs is 2. The zero-order valence-corrected chi connectivity index (χ0v) is 6.38. The first-order chi connectivity index (χ1) is 4.70. The zero-order chi connectivity index (χ0) is 7.19. The lowest BCUT2D eigenvalue weighted by molar-refractivity contribution is 0.141. The van der Waals surface area contributed by atoms with Crippen LogP contribution < -0.4 is 0 Å². The van der Waals surface area contributed by atoms with Crippen molar-refractivity contribution in [1.82, 2.24) is 0 Å². The van der Waals surface area contributed by atoms with Crippen molar-refractivity contribution in [2.24, 2.45) is 11.3 Å². The van der Waals surface area contributed by atoms with E-state index in [0.717, 1.165) is 0 Å². The number of allylic oxidation sites excluding steroid dienone is 1. The van der Waals surface area contributed by atoms with Crippen molar-refractivity contribution in [2.75, 3.05) is 0 Å². The van der Waals surface area contributed by atoms with Crippen molar-refractivity contribution < 1.29 is 5.11 Å². The molecule has 0 unspecified atom stereocenters. The lowest BCUT2D eigenvalue weighted by Gasteiger charge is -2.25. The predicted octanol–water partition coefficient (Wildman–Crippen LogP) is 1.72. The highest BCUT2D eigenvalue weighted by molar-refractivity contribution is 5.11. The zero-order valence-electron chi connectivity index (χ0n) is 6.38. The molecule has 2 aliphatic rings. The Morgan fingerprint density at radius 3 is 3.10 bits per heavy atom. The standard InChI is InChI=1S/C9H14O/c1-9-4-2-7(6-9)8(10)3-5-9/h3,5,7-8,10H,2,4,6H2,1H3/t7-,8-,9-/m1/s1. The van der Waals surface area contributed by atoms with Gasteiger partial charge in [0.2, 0.25) is 0 Å². The molecule has 0 spiro atoms. The first kappa shape index (κ1) is 6.41. The summed E-state index contributed by atoms with van der Waals surface area (Å²) < 4.78 is 0. The van der Waals surface area contributed by atoms with Gasteiger partial charge in [-0.05, 0) is 30.6 Å². The highest BCUT2D eigenvalue weighted by Gasteiger charge is 2.38. The minimum Gasteiger partial charge on any atom is -0.389 e. The van der Waals surface area contributed by atoms with Gasteiger partial charge in [0, 0.05) is 0 Å². The van der Waals surface area contributed by atoms with Crippen LogP contribution >= 0.6 is 0 Å². The molecule has 1 heteroatoms. The summed E-state index contributed by atoms with van der Waals surface area (Å²) in [7, 11) is 0. The van der Waals surface area contributed by atoms with Gasteiger partial charge in [-0.1, -0.05) is 19.1 Å². The summed E-state index contributed by atoms with van der Waals surface area (Å²) in [4.78, 5) is 0. The molecule has 1 nitrogen and oxygen atoms in total. The Kier molecular flexibility index (Phi) is 1.19. The van der Waals surface area contributed by atoms with Gasteiger partial charge in [-0.3, -0.25) is 0 Å². The molecular formula is C9H14O. The number of aliphatic hydroxyl groups is 1. The van der Waals surface area contributed by atoms with E-state index in [1.807, 2.05) is 6.08 Å². The van der Waals surface area contributed by atoms with E-state index in [1.165, 1.54) is 19.3 Å². The average molecular weight is 138 g/mol. The van der Waals surface area contributed by atoms with Crippen molar-refractivity contribution in [2.45, 2.75) is 32.3 Å².